The van der Waals surface area contributed by atoms with Gasteiger partial charge in [0.2, 0.25) is 0 Å². The fraction of sp³-hybridized carbons (Fsp3) is 0.304. The lowest BCUT2D eigenvalue weighted by Gasteiger charge is -2.38. The van der Waals surface area contributed by atoms with Gasteiger partial charge in [0.05, 0.1) is 10.7 Å². The SMILES string of the molecule is OC1(COc2ccccc2)CCN(Cc2cccn2-c2ccccc2Cl)CC1. The predicted octanol–water partition coefficient (Wildman–Crippen LogP) is 4.54. The van der Waals surface area contributed by atoms with Crippen molar-refractivity contribution in [1.29, 1.82) is 0 Å². The van der Waals surface area contributed by atoms with Gasteiger partial charge in [-0.25, -0.2) is 0 Å². The Hall–Kier alpha value is -2.27. The van der Waals surface area contributed by atoms with Crippen LogP contribution in [0.25, 0.3) is 5.69 Å². The van der Waals surface area contributed by atoms with Crippen LogP contribution in [0.15, 0.2) is 72.9 Å². The number of hydrogen-bond donors (Lipinski definition) is 1. The van der Waals surface area contributed by atoms with E-state index in [0.29, 0.717) is 19.4 Å². The van der Waals surface area contributed by atoms with Crippen molar-refractivity contribution >= 4 is 11.6 Å². The number of nitrogens with zero attached hydrogens (tertiary/aromatic N) is 2. The number of halogens is 1. The molecule has 1 aromatic heterocycles. The molecule has 4 rings (SSSR count). The van der Waals surface area contributed by atoms with E-state index in [1.807, 2.05) is 66.9 Å². The van der Waals surface area contributed by atoms with Crippen molar-refractivity contribution in [3.8, 4) is 11.4 Å². The summed E-state index contributed by atoms with van der Waals surface area (Å²) < 4.78 is 7.93. The van der Waals surface area contributed by atoms with Crippen LogP contribution >= 0.6 is 11.6 Å². The van der Waals surface area contributed by atoms with Gasteiger partial charge in [0.15, 0.2) is 0 Å². The third kappa shape index (κ3) is 4.41. The standard InChI is InChI=1S/C23H25ClN2O2/c24-21-10-4-5-11-22(21)26-14-6-7-19(26)17-25-15-12-23(27,13-16-25)18-28-20-8-2-1-3-9-20/h1-11,14,27H,12-13,15-18H2. The van der Waals surface area contributed by atoms with Crippen molar-refractivity contribution in [3.05, 3.63) is 83.6 Å². The van der Waals surface area contributed by atoms with E-state index in [2.05, 4.69) is 15.5 Å². The molecule has 28 heavy (non-hydrogen) atoms. The first-order chi connectivity index (χ1) is 13.6. The van der Waals surface area contributed by atoms with E-state index < -0.39 is 5.60 Å². The average Bonchev–Trinajstić information content (AvgIpc) is 3.18. The highest BCUT2D eigenvalue weighted by Crippen LogP contribution is 2.27. The fourth-order valence-electron chi connectivity index (χ4n) is 3.66. The molecule has 1 N–H and O–H groups in total. The number of rotatable bonds is 6. The highest BCUT2D eigenvalue weighted by atomic mass is 35.5. The van der Waals surface area contributed by atoms with Gasteiger partial charge < -0.3 is 14.4 Å². The largest absolute Gasteiger partial charge is 0.491 e. The highest BCUT2D eigenvalue weighted by Gasteiger charge is 2.33. The van der Waals surface area contributed by atoms with Crippen LogP contribution in [-0.2, 0) is 6.54 Å². The van der Waals surface area contributed by atoms with Crippen molar-refractivity contribution in [2.24, 2.45) is 0 Å². The summed E-state index contributed by atoms with van der Waals surface area (Å²) in [4.78, 5) is 2.37. The lowest BCUT2D eigenvalue weighted by Crippen LogP contribution is -2.47. The first kappa shape index (κ1) is 19.1. The second kappa shape index (κ2) is 8.39. The van der Waals surface area contributed by atoms with Crippen molar-refractivity contribution in [2.75, 3.05) is 19.7 Å². The van der Waals surface area contributed by atoms with Crippen LogP contribution in [0.2, 0.25) is 5.02 Å². The Morgan fingerprint density at radius 3 is 2.39 bits per heavy atom. The summed E-state index contributed by atoms with van der Waals surface area (Å²) in [5.74, 6) is 0.802. The maximum atomic E-state index is 10.9. The van der Waals surface area contributed by atoms with Gasteiger partial charge in [0.1, 0.15) is 18.0 Å². The molecule has 0 unspecified atom stereocenters. The third-order valence-corrected chi connectivity index (χ3v) is 5.69. The molecule has 0 aliphatic carbocycles. The van der Waals surface area contributed by atoms with E-state index >= 15 is 0 Å². The molecule has 1 aliphatic rings. The molecule has 1 fully saturated rings. The summed E-state index contributed by atoms with van der Waals surface area (Å²) in [6.07, 6.45) is 3.45. The Morgan fingerprint density at radius 2 is 1.64 bits per heavy atom. The molecule has 5 heteroatoms. The van der Waals surface area contributed by atoms with Gasteiger partial charge in [0, 0.05) is 31.5 Å². The number of aliphatic hydroxyl groups is 1. The van der Waals surface area contributed by atoms with Crippen LogP contribution in [0.1, 0.15) is 18.5 Å². The van der Waals surface area contributed by atoms with E-state index in [-0.39, 0.29) is 0 Å². The minimum atomic E-state index is -0.767. The lowest BCUT2D eigenvalue weighted by atomic mass is 9.92. The third-order valence-electron chi connectivity index (χ3n) is 5.37. The van der Waals surface area contributed by atoms with Crippen LogP contribution in [0.3, 0.4) is 0 Å². The van der Waals surface area contributed by atoms with E-state index in [0.717, 1.165) is 36.1 Å². The van der Waals surface area contributed by atoms with Crippen LogP contribution in [0.4, 0.5) is 0 Å². The first-order valence-corrected chi connectivity index (χ1v) is 10.0. The van der Waals surface area contributed by atoms with Crippen LogP contribution in [-0.4, -0.2) is 39.9 Å². The second-order valence-corrected chi connectivity index (χ2v) is 7.83. The van der Waals surface area contributed by atoms with Crippen molar-refractivity contribution in [2.45, 2.75) is 25.0 Å². The van der Waals surface area contributed by atoms with Gasteiger partial charge in [0.25, 0.3) is 0 Å². The molecular formula is C23H25ClN2O2. The second-order valence-electron chi connectivity index (χ2n) is 7.42. The monoisotopic (exact) mass is 396 g/mol. The molecule has 2 heterocycles. The van der Waals surface area contributed by atoms with Crippen LogP contribution < -0.4 is 4.74 Å². The van der Waals surface area contributed by atoms with E-state index in [4.69, 9.17) is 16.3 Å². The molecule has 146 valence electrons. The number of benzene rings is 2. The smallest absolute Gasteiger partial charge is 0.119 e. The van der Waals surface area contributed by atoms with E-state index in [1.54, 1.807) is 0 Å². The number of likely N-dealkylation sites (tertiary alicyclic amines) is 1. The van der Waals surface area contributed by atoms with Gasteiger partial charge in [-0.15, -0.1) is 0 Å². The molecule has 0 saturated carbocycles. The van der Waals surface area contributed by atoms with Gasteiger partial charge in [-0.05, 0) is 49.2 Å². The summed E-state index contributed by atoms with van der Waals surface area (Å²) in [6, 6.07) is 21.7. The van der Waals surface area contributed by atoms with Gasteiger partial charge in [-0.2, -0.15) is 0 Å². The van der Waals surface area contributed by atoms with E-state index in [9.17, 15) is 5.11 Å². The Balaban J connectivity index is 1.35. The molecule has 4 nitrogen and oxygen atoms in total. The highest BCUT2D eigenvalue weighted by molar-refractivity contribution is 6.32. The molecule has 2 aromatic carbocycles. The maximum Gasteiger partial charge on any atom is 0.119 e. The maximum absolute atomic E-state index is 10.9. The van der Waals surface area contributed by atoms with Crippen molar-refractivity contribution in [3.63, 3.8) is 0 Å². The zero-order valence-electron chi connectivity index (χ0n) is 15.8. The minimum Gasteiger partial charge on any atom is -0.491 e. The first-order valence-electron chi connectivity index (χ1n) is 9.67. The Bertz CT molecular complexity index is 902. The number of ether oxygens (including phenoxy) is 1. The van der Waals surface area contributed by atoms with Crippen LogP contribution in [0, 0.1) is 0 Å². The quantitative estimate of drug-likeness (QED) is 0.664. The number of aromatic nitrogens is 1. The van der Waals surface area contributed by atoms with Gasteiger partial charge in [-0.3, -0.25) is 4.90 Å². The Kier molecular flexibility index (Phi) is 5.72. The normalized spacial score (nSPS) is 16.8. The van der Waals surface area contributed by atoms with E-state index in [1.165, 1.54) is 5.69 Å². The van der Waals surface area contributed by atoms with Gasteiger partial charge in [-0.1, -0.05) is 41.9 Å². The molecule has 0 spiro atoms. The zero-order chi connectivity index (χ0) is 19.4. The number of piperidine rings is 1. The summed E-state index contributed by atoms with van der Waals surface area (Å²) in [6.45, 7) is 2.83. The Labute approximate surface area is 170 Å². The van der Waals surface area contributed by atoms with Crippen LogP contribution in [0.5, 0.6) is 5.75 Å². The summed E-state index contributed by atoms with van der Waals surface area (Å²) in [5, 5.41) is 11.6. The number of para-hydroxylation sites is 2. The minimum absolute atomic E-state index is 0.334. The van der Waals surface area contributed by atoms with Crippen molar-refractivity contribution < 1.29 is 9.84 Å². The van der Waals surface area contributed by atoms with Crippen molar-refractivity contribution in [1.82, 2.24) is 9.47 Å². The molecule has 0 atom stereocenters. The fourth-order valence-corrected chi connectivity index (χ4v) is 3.89. The summed E-state index contributed by atoms with van der Waals surface area (Å²) >= 11 is 6.37. The predicted molar refractivity (Wildman–Crippen MR) is 112 cm³/mol. The molecular weight excluding hydrogens is 372 g/mol. The summed E-state index contributed by atoms with van der Waals surface area (Å²) in [5.41, 5.74) is 1.42. The average molecular weight is 397 g/mol. The topological polar surface area (TPSA) is 37.6 Å². The molecule has 0 amide bonds. The molecule has 0 radical (unpaired) electrons. The zero-order valence-corrected chi connectivity index (χ0v) is 16.6. The molecule has 3 aromatic rings. The van der Waals surface area contributed by atoms with Gasteiger partial charge >= 0.3 is 0 Å². The number of hydrogen-bond acceptors (Lipinski definition) is 3. The molecule has 1 saturated heterocycles. The summed E-state index contributed by atoms with van der Waals surface area (Å²) in [7, 11) is 0. The lowest BCUT2D eigenvalue weighted by molar-refractivity contribution is -0.0539. The molecule has 1 aliphatic heterocycles. The Morgan fingerprint density at radius 1 is 0.929 bits per heavy atom. The molecule has 0 bridgehead atoms.